The molecule has 0 bridgehead atoms. The van der Waals surface area contributed by atoms with Crippen LogP contribution in [0.1, 0.15) is 15.9 Å². The summed E-state index contributed by atoms with van der Waals surface area (Å²) in [7, 11) is -0.814. The smallest absolute Gasteiger partial charge is 0.338 e. The molecule has 0 radical (unpaired) electrons. The maximum atomic E-state index is 11.9. The van der Waals surface area contributed by atoms with Gasteiger partial charge in [0.1, 0.15) is 0 Å². The van der Waals surface area contributed by atoms with Crippen LogP contribution in [0.25, 0.3) is 0 Å². The van der Waals surface area contributed by atoms with E-state index in [9.17, 15) is 18.0 Å². The van der Waals surface area contributed by atoms with Crippen molar-refractivity contribution in [3.05, 3.63) is 53.6 Å². The molecule has 150 valence electrons. The molecule has 3 N–H and O–H groups in total. The molecule has 1 amide bonds. The van der Waals surface area contributed by atoms with Gasteiger partial charge in [0.15, 0.2) is 18.1 Å². The molecule has 0 saturated heterocycles. The summed E-state index contributed by atoms with van der Waals surface area (Å²) in [4.78, 5) is 23.7. The van der Waals surface area contributed by atoms with Crippen molar-refractivity contribution < 1.29 is 32.2 Å². The van der Waals surface area contributed by atoms with E-state index in [-0.39, 0.29) is 17.0 Å². The molecule has 0 fully saturated rings. The lowest BCUT2D eigenvalue weighted by Gasteiger charge is -2.10. The minimum absolute atomic E-state index is 0.0973. The predicted octanol–water partition coefficient (Wildman–Crippen LogP) is 0.824. The number of carbonyl (C=O) groups excluding carboxylic acids is 2. The number of hydrogen-bond acceptors (Lipinski definition) is 7. The molecule has 28 heavy (non-hydrogen) atoms. The molecule has 0 aromatic heterocycles. The number of nitrogens with two attached hydrogens (primary N) is 1. The van der Waals surface area contributed by atoms with Crippen molar-refractivity contribution in [2.24, 2.45) is 5.14 Å². The Hall–Kier alpha value is -3.11. The average molecular weight is 408 g/mol. The topological polar surface area (TPSA) is 134 Å². The number of methoxy groups -OCH3 is 2. The van der Waals surface area contributed by atoms with E-state index >= 15 is 0 Å². The molecular weight excluding hydrogens is 388 g/mol. The van der Waals surface area contributed by atoms with Crippen LogP contribution in [0, 0.1) is 0 Å². The number of esters is 1. The highest BCUT2D eigenvalue weighted by Crippen LogP contribution is 2.27. The minimum Gasteiger partial charge on any atom is -0.493 e. The Labute approximate surface area is 162 Å². The lowest BCUT2D eigenvalue weighted by molar-refractivity contribution is -0.124. The molecule has 0 atom stereocenters. The third kappa shape index (κ3) is 5.69. The maximum Gasteiger partial charge on any atom is 0.338 e. The first-order chi connectivity index (χ1) is 13.2. The Balaban J connectivity index is 1.86. The Morgan fingerprint density at radius 2 is 1.64 bits per heavy atom. The number of rotatable bonds is 8. The summed E-state index contributed by atoms with van der Waals surface area (Å²) in [5, 5.41) is 7.60. The lowest BCUT2D eigenvalue weighted by Crippen LogP contribution is -2.28. The fraction of sp³-hybridized carbons (Fsp3) is 0.222. The Morgan fingerprint density at radius 1 is 1.00 bits per heavy atom. The number of ether oxygens (including phenoxy) is 3. The van der Waals surface area contributed by atoms with Gasteiger partial charge in [0.25, 0.3) is 5.91 Å². The zero-order valence-corrected chi connectivity index (χ0v) is 16.1. The third-order valence-electron chi connectivity index (χ3n) is 3.69. The van der Waals surface area contributed by atoms with Crippen LogP contribution in [-0.4, -0.2) is 41.1 Å². The number of sulfonamides is 1. The Bertz CT molecular complexity index is 956. The molecule has 9 nitrogen and oxygen atoms in total. The summed E-state index contributed by atoms with van der Waals surface area (Å²) >= 11 is 0. The van der Waals surface area contributed by atoms with Crippen LogP contribution in [0.5, 0.6) is 11.5 Å². The molecule has 10 heteroatoms. The van der Waals surface area contributed by atoms with E-state index in [1.165, 1.54) is 38.5 Å². The summed E-state index contributed by atoms with van der Waals surface area (Å²) in [5.74, 6) is -0.157. The highest BCUT2D eigenvalue weighted by molar-refractivity contribution is 7.89. The minimum atomic E-state index is -3.85. The van der Waals surface area contributed by atoms with Gasteiger partial charge in [-0.1, -0.05) is 6.07 Å². The summed E-state index contributed by atoms with van der Waals surface area (Å²) in [6.07, 6.45) is 0. The molecule has 0 aliphatic carbocycles. The van der Waals surface area contributed by atoms with Gasteiger partial charge < -0.3 is 19.5 Å². The van der Waals surface area contributed by atoms with Crippen molar-refractivity contribution in [3.8, 4) is 11.5 Å². The van der Waals surface area contributed by atoms with Gasteiger partial charge in [0.2, 0.25) is 10.0 Å². The van der Waals surface area contributed by atoms with Gasteiger partial charge in [-0.15, -0.1) is 0 Å². The molecule has 0 heterocycles. The monoisotopic (exact) mass is 408 g/mol. The molecule has 0 spiro atoms. The Morgan fingerprint density at radius 3 is 2.21 bits per heavy atom. The fourth-order valence-electron chi connectivity index (χ4n) is 2.24. The van der Waals surface area contributed by atoms with Crippen LogP contribution in [-0.2, 0) is 26.1 Å². The van der Waals surface area contributed by atoms with E-state index < -0.39 is 28.5 Å². The van der Waals surface area contributed by atoms with Crippen molar-refractivity contribution in [3.63, 3.8) is 0 Å². The number of nitrogens with one attached hydrogen (secondary N) is 1. The second-order valence-corrected chi connectivity index (χ2v) is 7.17. The average Bonchev–Trinajstić information content (AvgIpc) is 2.69. The highest BCUT2D eigenvalue weighted by atomic mass is 32.2. The zero-order chi connectivity index (χ0) is 20.7. The molecule has 2 aromatic rings. The lowest BCUT2D eigenvalue weighted by atomic mass is 10.2. The molecule has 0 unspecified atom stereocenters. The van der Waals surface area contributed by atoms with Gasteiger partial charge in [-0.3, -0.25) is 4.79 Å². The van der Waals surface area contributed by atoms with Gasteiger partial charge in [-0.05, 0) is 42.0 Å². The van der Waals surface area contributed by atoms with Gasteiger partial charge >= 0.3 is 5.97 Å². The van der Waals surface area contributed by atoms with E-state index in [2.05, 4.69) is 5.32 Å². The second kappa shape index (κ2) is 9.20. The van der Waals surface area contributed by atoms with Crippen molar-refractivity contribution in [1.29, 1.82) is 0 Å². The summed E-state index contributed by atoms with van der Waals surface area (Å²) in [6, 6.07) is 10.1. The summed E-state index contributed by atoms with van der Waals surface area (Å²) in [6.45, 7) is -0.275. The van der Waals surface area contributed by atoms with E-state index in [0.717, 1.165) is 5.56 Å². The van der Waals surface area contributed by atoms with Gasteiger partial charge in [-0.2, -0.15) is 0 Å². The van der Waals surface area contributed by atoms with Crippen LogP contribution in [0.3, 0.4) is 0 Å². The van der Waals surface area contributed by atoms with E-state index in [1.807, 2.05) is 0 Å². The first-order valence-corrected chi connectivity index (χ1v) is 9.57. The number of amides is 1. The van der Waals surface area contributed by atoms with Crippen LogP contribution in [0.15, 0.2) is 47.4 Å². The van der Waals surface area contributed by atoms with Crippen molar-refractivity contribution in [2.75, 3.05) is 20.8 Å². The molecule has 0 aliphatic heterocycles. The number of benzene rings is 2. The van der Waals surface area contributed by atoms with E-state index in [1.54, 1.807) is 18.2 Å². The molecule has 2 aromatic carbocycles. The van der Waals surface area contributed by atoms with E-state index in [4.69, 9.17) is 19.3 Å². The van der Waals surface area contributed by atoms with Crippen molar-refractivity contribution in [2.45, 2.75) is 11.4 Å². The first-order valence-electron chi connectivity index (χ1n) is 8.02. The molecule has 0 saturated carbocycles. The van der Waals surface area contributed by atoms with Gasteiger partial charge in [0.05, 0.1) is 24.7 Å². The predicted molar refractivity (Wildman–Crippen MR) is 99.5 cm³/mol. The zero-order valence-electron chi connectivity index (χ0n) is 15.3. The summed E-state index contributed by atoms with van der Waals surface area (Å²) in [5.41, 5.74) is 0.871. The second-order valence-electron chi connectivity index (χ2n) is 5.61. The van der Waals surface area contributed by atoms with Crippen LogP contribution in [0.4, 0.5) is 0 Å². The number of carbonyl (C=O) groups is 2. The summed E-state index contributed by atoms with van der Waals surface area (Å²) < 4.78 is 37.6. The normalized spacial score (nSPS) is 10.8. The Kier molecular flexibility index (Phi) is 6.96. The molecule has 0 aliphatic rings. The molecule has 2 rings (SSSR count). The van der Waals surface area contributed by atoms with Gasteiger partial charge in [-0.25, -0.2) is 18.4 Å². The quantitative estimate of drug-likeness (QED) is 0.618. The standard InChI is InChI=1S/C18H20N2O7S/c1-25-15-8-3-12(9-16(15)26-2)10-20-17(21)11-27-18(22)13-4-6-14(7-5-13)28(19,23)24/h3-9H,10-11H2,1-2H3,(H,20,21)(H2,19,23,24). The van der Waals surface area contributed by atoms with Crippen LogP contribution >= 0.6 is 0 Å². The van der Waals surface area contributed by atoms with Gasteiger partial charge in [0, 0.05) is 6.54 Å². The molecular formula is C18H20N2O7S. The van der Waals surface area contributed by atoms with Crippen LogP contribution in [0.2, 0.25) is 0 Å². The van der Waals surface area contributed by atoms with Crippen LogP contribution < -0.4 is 19.9 Å². The van der Waals surface area contributed by atoms with Crippen molar-refractivity contribution >= 4 is 21.9 Å². The van der Waals surface area contributed by atoms with E-state index in [0.29, 0.717) is 11.5 Å². The number of primary sulfonamides is 1. The highest BCUT2D eigenvalue weighted by Gasteiger charge is 2.13. The maximum absolute atomic E-state index is 11.9. The van der Waals surface area contributed by atoms with Crippen molar-refractivity contribution in [1.82, 2.24) is 5.32 Å². The number of hydrogen-bond donors (Lipinski definition) is 2. The fourth-order valence-corrected chi connectivity index (χ4v) is 2.75. The largest absolute Gasteiger partial charge is 0.493 e. The first kappa shape index (κ1) is 21.2. The SMILES string of the molecule is COc1ccc(CNC(=O)COC(=O)c2ccc(S(N)(=O)=O)cc2)cc1OC. The third-order valence-corrected chi connectivity index (χ3v) is 4.62.